The number of rotatable bonds is 10. The topological polar surface area (TPSA) is 58.6 Å². The summed E-state index contributed by atoms with van der Waals surface area (Å²) in [7, 11) is 0. The van der Waals surface area contributed by atoms with E-state index in [1.807, 2.05) is 0 Å². The molecule has 0 aliphatic carbocycles. The SMILES string of the molecule is CCCCC(CCCCO)OCNC(C)=O. The Kier molecular flexibility index (Phi) is 10.5. The molecular weight excluding hydrogens is 206 g/mol. The summed E-state index contributed by atoms with van der Waals surface area (Å²) in [5.41, 5.74) is 0. The molecule has 0 aliphatic rings. The van der Waals surface area contributed by atoms with Gasteiger partial charge in [-0.25, -0.2) is 0 Å². The van der Waals surface area contributed by atoms with Crippen molar-refractivity contribution in [2.24, 2.45) is 0 Å². The summed E-state index contributed by atoms with van der Waals surface area (Å²) in [6, 6.07) is 0. The summed E-state index contributed by atoms with van der Waals surface area (Å²) in [4.78, 5) is 10.7. The van der Waals surface area contributed by atoms with Crippen molar-refractivity contribution in [1.82, 2.24) is 5.32 Å². The van der Waals surface area contributed by atoms with Gasteiger partial charge in [-0.05, 0) is 25.7 Å². The third kappa shape index (κ3) is 9.93. The number of hydrogen-bond acceptors (Lipinski definition) is 3. The molecule has 0 aliphatic heterocycles. The molecule has 0 bridgehead atoms. The molecule has 1 unspecified atom stereocenters. The van der Waals surface area contributed by atoms with Crippen LogP contribution < -0.4 is 5.32 Å². The van der Waals surface area contributed by atoms with Crippen LogP contribution in [0.2, 0.25) is 0 Å². The minimum atomic E-state index is -0.0652. The lowest BCUT2D eigenvalue weighted by Gasteiger charge is -2.17. The van der Waals surface area contributed by atoms with Gasteiger partial charge in [-0.3, -0.25) is 4.79 Å². The Bertz CT molecular complexity index is 174. The van der Waals surface area contributed by atoms with E-state index < -0.39 is 0 Å². The van der Waals surface area contributed by atoms with Gasteiger partial charge in [0.05, 0.1) is 6.10 Å². The van der Waals surface area contributed by atoms with E-state index in [9.17, 15) is 4.79 Å². The zero-order chi connectivity index (χ0) is 12.2. The van der Waals surface area contributed by atoms with Crippen LogP contribution >= 0.6 is 0 Å². The summed E-state index contributed by atoms with van der Waals surface area (Å²) in [6.45, 7) is 4.17. The Morgan fingerprint density at radius 3 is 2.56 bits per heavy atom. The zero-order valence-electron chi connectivity index (χ0n) is 10.5. The highest BCUT2D eigenvalue weighted by Crippen LogP contribution is 2.11. The van der Waals surface area contributed by atoms with Crippen LogP contribution in [0, 0.1) is 0 Å². The van der Waals surface area contributed by atoms with Gasteiger partial charge in [-0.15, -0.1) is 0 Å². The van der Waals surface area contributed by atoms with E-state index in [1.165, 1.54) is 6.92 Å². The minimum absolute atomic E-state index is 0.0652. The van der Waals surface area contributed by atoms with E-state index in [0.29, 0.717) is 6.73 Å². The van der Waals surface area contributed by atoms with Crippen molar-refractivity contribution in [1.29, 1.82) is 0 Å². The molecule has 0 radical (unpaired) electrons. The number of nitrogens with one attached hydrogen (secondary N) is 1. The molecule has 0 rings (SSSR count). The first-order valence-electron chi connectivity index (χ1n) is 6.17. The van der Waals surface area contributed by atoms with Crippen LogP contribution in [-0.2, 0) is 9.53 Å². The highest BCUT2D eigenvalue weighted by atomic mass is 16.5. The Morgan fingerprint density at radius 2 is 2.00 bits per heavy atom. The summed E-state index contributed by atoms with van der Waals surface area (Å²) < 4.78 is 5.59. The van der Waals surface area contributed by atoms with Crippen LogP contribution in [0.25, 0.3) is 0 Å². The lowest BCUT2D eigenvalue weighted by molar-refractivity contribution is -0.121. The predicted octanol–water partition coefficient (Wildman–Crippen LogP) is 1.82. The van der Waals surface area contributed by atoms with E-state index in [0.717, 1.165) is 38.5 Å². The van der Waals surface area contributed by atoms with Crippen molar-refractivity contribution in [3.05, 3.63) is 0 Å². The van der Waals surface area contributed by atoms with Gasteiger partial charge in [0.15, 0.2) is 0 Å². The Hall–Kier alpha value is -0.610. The third-order valence-electron chi connectivity index (χ3n) is 2.45. The van der Waals surface area contributed by atoms with Crippen molar-refractivity contribution in [2.45, 2.75) is 58.5 Å². The first kappa shape index (κ1) is 15.4. The van der Waals surface area contributed by atoms with Crippen molar-refractivity contribution in [2.75, 3.05) is 13.3 Å². The van der Waals surface area contributed by atoms with E-state index >= 15 is 0 Å². The van der Waals surface area contributed by atoms with Crippen molar-refractivity contribution in [3.63, 3.8) is 0 Å². The fourth-order valence-electron chi connectivity index (χ4n) is 1.49. The second kappa shape index (κ2) is 10.9. The maximum atomic E-state index is 10.7. The average molecular weight is 231 g/mol. The third-order valence-corrected chi connectivity index (χ3v) is 2.45. The van der Waals surface area contributed by atoms with Crippen LogP contribution in [0.5, 0.6) is 0 Å². The fourth-order valence-corrected chi connectivity index (χ4v) is 1.49. The molecule has 0 aromatic carbocycles. The fraction of sp³-hybridized carbons (Fsp3) is 0.917. The molecule has 16 heavy (non-hydrogen) atoms. The number of hydrogen-bond donors (Lipinski definition) is 2. The van der Waals surface area contributed by atoms with Gasteiger partial charge in [0, 0.05) is 13.5 Å². The smallest absolute Gasteiger partial charge is 0.218 e. The molecule has 0 saturated carbocycles. The van der Waals surface area contributed by atoms with Crippen molar-refractivity contribution < 1.29 is 14.6 Å². The van der Waals surface area contributed by atoms with Crippen molar-refractivity contribution in [3.8, 4) is 0 Å². The summed E-state index contributed by atoms with van der Waals surface area (Å²) >= 11 is 0. The van der Waals surface area contributed by atoms with Crippen LogP contribution in [-0.4, -0.2) is 30.5 Å². The van der Waals surface area contributed by atoms with Gasteiger partial charge in [0.25, 0.3) is 0 Å². The van der Waals surface area contributed by atoms with E-state index in [4.69, 9.17) is 9.84 Å². The number of carbonyl (C=O) groups excluding carboxylic acids is 1. The van der Waals surface area contributed by atoms with Crippen molar-refractivity contribution >= 4 is 5.91 Å². The molecule has 4 heteroatoms. The minimum Gasteiger partial charge on any atom is -0.396 e. The molecular formula is C12H25NO3. The number of ether oxygens (including phenoxy) is 1. The molecule has 0 heterocycles. The number of aliphatic hydroxyl groups is 1. The first-order valence-corrected chi connectivity index (χ1v) is 6.17. The summed E-state index contributed by atoms with van der Waals surface area (Å²) in [6.07, 6.45) is 6.29. The molecule has 96 valence electrons. The predicted molar refractivity (Wildman–Crippen MR) is 64.0 cm³/mol. The standard InChI is InChI=1S/C12H25NO3/c1-3-4-7-12(8-5-6-9-14)16-10-13-11(2)15/h12,14H,3-10H2,1-2H3,(H,13,15). The molecule has 4 nitrogen and oxygen atoms in total. The second-order valence-electron chi connectivity index (χ2n) is 4.03. The van der Waals surface area contributed by atoms with Crippen LogP contribution in [0.1, 0.15) is 52.4 Å². The summed E-state index contributed by atoms with van der Waals surface area (Å²) in [5.74, 6) is -0.0652. The maximum Gasteiger partial charge on any atom is 0.218 e. The van der Waals surface area contributed by atoms with E-state index in [-0.39, 0.29) is 18.6 Å². The monoisotopic (exact) mass is 231 g/mol. The lowest BCUT2D eigenvalue weighted by atomic mass is 10.1. The van der Waals surface area contributed by atoms with Gasteiger partial charge >= 0.3 is 0 Å². The Morgan fingerprint density at radius 1 is 1.31 bits per heavy atom. The highest BCUT2D eigenvalue weighted by molar-refractivity contribution is 5.72. The molecule has 2 N–H and O–H groups in total. The zero-order valence-corrected chi connectivity index (χ0v) is 10.5. The normalized spacial score (nSPS) is 12.4. The van der Waals surface area contributed by atoms with Gasteiger partial charge in [-0.1, -0.05) is 19.8 Å². The van der Waals surface area contributed by atoms with Gasteiger partial charge in [0.1, 0.15) is 6.73 Å². The highest BCUT2D eigenvalue weighted by Gasteiger charge is 2.08. The second-order valence-corrected chi connectivity index (χ2v) is 4.03. The molecule has 0 spiro atoms. The van der Waals surface area contributed by atoms with E-state index in [2.05, 4.69) is 12.2 Å². The average Bonchev–Trinajstić information content (AvgIpc) is 2.25. The molecule has 0 fully saturated rings. The van der Waals surface area contributed by atoms with Crippen LogP contribution in [0.4, 0.5) is 0 Å². The Labute approximate surface area is 98.4 Å². The maximum absolute atomic E-state index is 10.7. The number of carbonyl (C=O) groups is 1. The molecule has 0 aromatic rings. The quantitative estimate of drug-likeness (QED) is 0.445. The van der Waals surface area contributed by atoms with E-state index in [1.54, 1.807) is 0 Å². The largest absolute Gasteiger partial charge is 0.396 e. The Balaban J connectivity index is 3.66. The van der Waals surface area contributed by atoms with Gasteiger partial charge < -0.3 is 15.2 Å². The molecule has 1 atom stereocenters. The first-order chi connectivity index (χ1) is 7.70. The van der Waals surface area contributed by atoms with Crippen LogP contribution in [0.15, 0.2) is 0 Å². The summed E-state index contributed by atoms with van der Waals surface area (Å²) in [5, 5.41) is 11.3. The van der Waals surface area contributed by atoms with Gasteiger partial charge in [-0.2, -0.15) is 0 Å². The van der Waals surface area contributed by atoms with Gasteiger partial charge in [0.2, 0.25) is 5.91 Å². The number of aliphatic hydroxyl groups excluding tert-OH is 1. The lowest BCUT2D eigenvalue weighted by Crippen LogP contribution is -2.27. The molecule has 0 saturated heterocycles. The number of amides is 1. The number of unbranched alkanes of at least 4 members (excludes halogenated alkanes) is 2. The van der Waals surface area contributed by atoms with Crippen LogP contribution in [0.3, 0.4) is 0 Å². The molecule has 0 aromatic heterocycles. The molecule has 1 amide bonds.